The summed E-state index contributed by atoms with van der Waals surface area (Å²) in [5.74, 6) is -0.498. The first kappa shape index (κ1) is 16.4. The summed E-state index contributed by atoms with van der Waals surface area (Å²) in [6, 6.07) is 12.6. The Kier molecular flexibility index (Phi) is 4.51. The summed E-state index contributed by atoms with van der Waals surface area (Å²) < 4.78 is 40.6. The van der Waals surface area contributed by atoms with E-state index in [-0.39, 0.29) is 16.5 Å². The molecule has 1 aliphatic carbocycles. The normalized spacial score (nSPS) is 14.2. The van der Waals surface area contributed by atoms with Gasteiger partial charge in [-0.2, -0.15) is 5.26 Å². The first-order chi connectivity index (χ1) is 11.5. The molecule has 124 valence electrons. The average Bonchev–Trinajstić information content (AvgIpc) is 3.37. The largest absolute Gasteiger partial charge is 0.379 e. The molecule has 0 heterocycles. The molecule has 0 radical (unpaired) electrons. The van der Waals surface area contributed by atoms with Crippen LogP contribution >= 0.6 is 0 Å². The van der Waals surface area contributed by atoms with Crippen LogP contribution in [0, 0.1) is 17.1 Å². The van der Waals surface area contributed by atoms with Crippen molar-refractivity contribution in [1.82, 2.24) is 4.72 Å². The minimum Gasteiger partial charge on any atom is -0.379 e. The summed E-state index contributed by atoms with van der Waals surface area (Å²) in [4.78, 5) is 0.225. The van der Waals surface area contributed by atoms with E-state index in [1.54, 1.807) is 12.1 Å². The molecule has 0 bridgehead atoms. The van der Waals surface area contributed by atoms with Crippen LogP contribution in [0.4, 0.5) is 10.1 Å². The molecule has 0 saturated heterocycles. The Balaban J connectivity index is 1.65. The zero-order valence-electron chi connectivity index (χ0n) is 12.8. The van der Waals surface area contributed by atoms with Gasteiger partial charge >= 0.3 is 0 Å². The van der Waals surface area contributed by atoms with Crippen molar-refractivity contribution in [2.75, 3.05) is 5.32 Å². The lowest BCUT2D eigenvalue weighted by Crippen LogP contribution is -2.25. The maximum absolute atomic E-state index is 13.8. The van der Waals surface area contributed by atoms with Crippen LogP contribution in [0.5, 0.6) is 0 Å². The summed E-state index contributed by atoms with van der Waals surface area (Å²) in [6.45, 7) is 0.346. The van der Waals surface area contributed by atoms with Gasteiger partial charge < -0.3 is 5.32 Å². The van der Waals surface area contributed by atoms with Gasteiger partial charge in [0.15, 0.2) is 0 Å². The molecule has 7 heteroatoms. The lowest BCUT2D eigenvalue weighted by molar-refractivity contribution is 0.581. The lowest BCUT2D eigenvalue weighted by Gasteiger charge is -2.09. The van der Waals surface area contributed by atoms with Crippen LogP contribution in [0.3, 0.4) is 0 Å². The van der Waals surface area contributed by atoms with Crippen molar-refractivity contribution in [1.29, 1.82) is 5.26 Å². The number of benzene rings is 2. The van der Waals surface area contributed by atoms with Crippen molar-refractivity contribution in [3.05, 3.63) is 59.4 Å². The smallest absolute Gasteiger partial charge is 0.240 e. The van der Waals surface area contributed by atoms with Crippen LogP contribution in [0.25, 0.3) is 0 Å². The summed E-state index contributed by atoms with van der Waals surface area (Å²) in [5, 5.41) is 11.7. The predicted molar refractivity (Wildman–Crippen MR) is 88.2 cm³/mol. The van der Waals surface area contributed by atoms with Crippen molar-refractivity contribution in [3.63, 3.8) is 0 Å². The predicted octanol–water partition coefficient (Wildman–Crippen LogP) is 2.75. The molecule has 3 rings (SSSR count). The van der Waals surface area contributed by atoms with Crippen molar-refractivity contribution in [2.45, 2.75) is 30.3 Å². The van der Waals surface area contributed by atoms with E-state index in [0.717, 1.165) is 18.4 Å². The van der Waals surface area contributed by atoms with Gasteiger partial charge in [0, 0.05) is 12.6 Å². The van der Waals surface area contributed by atoms with Crippen molar-refractivity contribution in [3.8, 4) is 6.07 Å². The molecule has 0 aliphatic heterocycles. The van der Waals surface area contributed by atoms with Gasteiger partial charge in [-0.1, -0.05) is 12.1 Å². The highest BCUT2D eigenvalue weighted by atomic mass is 32.2. The Morgan fingerprint density at radius 1 is 1.17 bits per heavy atom. The van der Waals surface area contributed by atoms with E-state index < -0.39 is 15.8 Å². The minimum atomic E-state index is -3.46. The highest BCUT2D eigenvalue weighted by Gasteiger charge is 2.27. The Labute approximate surface area is 140 Å². The molecule has 1 saturated carbocycles. The van der Waals surface area contributed by atoms with Gasteiger partial charge in [-0.15, -0.1) is 0 Å². The molecular formula is C17H16FN3O2S. The number of halogens is 1. The van der Waals surface area contributed by atoms with E-state index >= 15 is 0 Å². The molecule has 0 spiro atoms. The maximum Gasteiger partial charge on any atom is 0.240 e. The van der Waals surface area contributed by atoms with Gasteiger partial charge in [0.1, 0.15) is 5.82 Å². The quantitative estimate of drug-likeness (QED) is 0.843. The number of hydrogen-bond donors (Lipinski definition) is 2. The molecule has 2 aromatic rings. The monoisotopic (exact) mass is 345 g/mol. The summed E-state index contributed by atoms with van der Waals surface area (Å²) in [5.41, 5.74) is 1.38. The van der Waals surface area contributed by atoms with E-state index in [9.17, 15) is 12.8 Å². The van der Waals surface area contributed by atoms with Crippen LogP contribution in [0.1, 0.15) is 24.0 Å². The van der Waals surface area contributed by atoms with E-state index in [1.807, 2.05) is 6.07 Å². The second kappa shape index (κ2) is 6.59. The summed E-state index contributed by atoms with van der Waals surface area (Å²) in [6.07, 6.45) is 1.77. The molecule has 0 aromatic heterocycles. The van der Waals surface area contributed by atoms with Gasteiger partial charge in [-0.3, -0.25) is 0 Å². The fourth-order valence-electron chi connectivity index (χ4n) is 2.20. The van der Waals surface area contributed by atoms with Gasteiger partial charge in [-0.05, 0) is 48.7 Å². The Bertz CT molecular complexity index is 885. The number of sulfonamides is 1. The van der Waals surface area contributed by atoms with Crippen LogP contribution in [0.2, 0.25) is 0 Å². The van der Waals surface area contributed by atoms with Gasteiger partial charge in [0.05, 0.1) is 22.2 Å². The number of nitrogens with one attached hydrogen (secondary N) is 2. The highest BCUT2D eigenvalue weighted by molar-refractivity contribution is 7.89. The third-order valence-electron chi connectivity index (χ3n) is 3.71. The molecular weight excluding hydrogens is 329 g/mol. The first-order valence-corrected chi connectivity index (χ1v) is 9.01. The number of nitrogens with zero attached hydrogens (tertiary/aromatic N) is 1. The second-order valence-electron chi connectivity index (χ2n) is 5.70. The maximum atomic E-state index is 13.8. The van der Waals surface area contributed by atoms with Crippen molar-refractivity contribution in [2.24, 2.45) is 0 Å². The van der Waals surface area contributed by atoms with Crippen LogP contribution in [0.15, 0.2) is 47.4 Å². The molecule has 0 amide bonds. The third kappa shape index (κ3) is 3.91. The number of rotatable bonds is 6. The minimum absolute atomic E-state index is 0.0655. The number of anilines is 1. The Hall–Kier alpha value is -2.43. The molecule has 24 heavy (non-hydrogen) atoms. The van der Waals surface area contributed by atoms with Crippen LogP contribution < -0.4 is 10.0 Å². The van der Waals surface area contributed by atoms with Gasteiger partial charge in [-0.25, -0.2) is 17.5 Å². The Morgan fingerprint density at radius 2 is 1.88 bits per heavy atom. The van der Waals surface area contributed by atoms with E-state index in [4.69, 9.17) is 5.26 Å². The van der Waals surface area contributed by atoms with Gasteiger partial charge in [0.25, 0.3) is 0 Å². The summed E-state index contributed by atoms with van der Waals surface area (Å²) in [7, 11) is -3.46. The van der Waals surface area contributed by atoms with E-state index in [1.165, 1.54) is 30.3 Å². The molecule has 0 atom stereocenters. The zero-order chi connectivity index (χ0) is 17.2. The molecule has 2 aromatic carbocycles. The molecule has 0 unspecified atom stereocenters. The summed E-state index contributed by atoms with van der Waals surface area (Å²) >= 11 is 0. The van der Waals surface area contributed by atoms with E-state index in [2.05, 4.69) is 10.0 Å². The number of hydrogen-bond acceptors (Lipinski definition) is 4. The molecule has 1 fully saturated rings. The molecule has 5 nitrogen and oxygen atoms in total. The molecule has 2 N–H and O–H groups in total. The fraction of sp³-hybridized carbons (Fsp3) is 0.235. The molecule has 1 aliphatic rings. The van der Waals surface area contributed by atoms with Crippen LogP contribution in [-0.2, 0) is 16.6 Å². The third-order valence-corrected chi connectivity index (χ3v) is 5.25. The van der Waals surface area contributed by atoms with Crippen molar-refractivity contribution >= 4 is 15.7 Å². The second-order valence-corrected chi connectivity index (χ2v) is 7.41. The number of nitriles is 1. The van der Waals surface area contributed by atoms with Crippen molar-refractivity contribution < 1.29 is 12.8 Å². The fourth-order valence-corrected chi connectivity index (χ4v) is 3.51. The SMILES string of the molecule is N#Cc1ccc(NCc2ccc(S(=O)(=O)NC3CC3)cc2)c(F)c1. The Morgan fingerprint density at radius 3 is 2.46 bits per heavy atom. The highest BCUT2D eigenvalue weighted by Crippen LogP contribution is 2.22. The van der Waals surface area contributed by atoms with E-state index in [0.29, 0.717) is 12.2 Å². The topological polar surface area (TPSA) is 82.0 Å². The first-order valence-electron chi connectivity index (χ1n) is 7.53. The standard InChI is InChI=1S/C17H16FN3O2S/c18-16-9-13(10-19)3-8-17(16)20-11-12-1-6-15(7-2-12)24(22,23)21-14-4-5-14/h1-3,6-9,14,20-21H,4-5,11H2. The van der Waals surface area contributed by atoms with Gasteiger partial charge in [0.2, 0.25) is 10.0 Å². The van der Waals surface area contributed by atoms with Crippen LogP contribution in [-0.4, -0.2) is 14.5 Å². The lowest BCUT2D eigenvalue weighted by atomic mass is 10.2. The zero-order valence-corrected chi connectivity index (χ0v) is 13.6. The average molecular weight is 345 g/mol.